The Labute approximate surface area is 123 Å². The van der Waals surface area contributed by atoms with E-state index in [1.54, 1.807) is 12.4 Å². The minimum absolute atomic E-state index is 0.337. The normalized spacial score (nSPS) is 11.2. The van der Waals surface area contributed by atoms with Crippen LogP contribution in [-0.4, -0.2) is 25.0 Å². The lowest BCUT2D eigenvalue weighted by molar-refractivity contribution is 0.434. The minimum Gasteiger partial charge on any atom is -0.437 e. The molecule has 0 spiro atoms. The molecule has 3 aromatic rings. The Balaban J connectivity index is 2.05. The van der Waals surface area contributed by atoms with E-state index in [0.717, 1.165) is 15.8 Å². The summed E-state index contributed by atoms with van der Waals surface area (Å²) in [6.07, 6.45) is 3.17. The quantitative estimate of drug-likeness (QED) is 0.736. The summed E-state index contributed by atoms with van der Waals surface area (Å²) in [6.45, 7) is 4.23. The summed E-state index contributed by atoms with van der Waals surface area (Å²) in [6, 6.07) is 5.91. The Morgan fingerprint density at radius 1 is 1.25 bits per heavy atom. The summed E-state index contributed by atoms with van der Waals surface area (Å²) < 4.78 is 8.47. The van der Waals surface area contributed by atoms with Gasteiger partial charge in [-0.1, -0.05) is 29.8 Å². The average Bonchev–Trinajstić information content (AvgIpc) is 2.90. The Hall–Kier alpha value is -2.02. The summed E-state index contributed by atoms with van der Waals surface area (Å²) in [4.78, 5) is 4.08. The average molecular weight is 334 g/mol. The van der Waals surface area contributed by atoms with Gasteiger partial charge in [-0.2, -0.15) is 4.52 Å². The first kappa shape index (κ1) is 13.0. The predicted octanol–water partition coefficient (Wildman–Crippen LogP) is 3.20. The van der Waals surface area contributed by atoms with E-state index in [1.165, 1.54) is 4.52 Å². The molecular formula is C13H12BrN5O. The molecule has 0 N–H and O–H groups in total. The first-order valence-corrected chi connectivity index (χ1v) is 6.94. The van der Waals surface area contributed by atoms with Crippen molar-refractivity contribution in [3.05, 3.63) is 40.6 Å². The molecule has 7 heteroatoms. The number of aromatic nitrogens is 5. The highest BCUT2D eigenvalue weighted by molar-refractivity contribution is 9.10. The summed E-state index contributed by atoms with van der Waals surface area (Å²) in [7, 11) is 0. The summed E-state index contributed by atoms with van der Waals surface area (Å²) >= 11 is 3.48. The number of fused-ring (bicyclic) bond motifs is 1. The van der Waals surface area contributed by atoms with Crippen LogP contribution in [0.3, 0.4) is 0 Å². The largest absolute Gasteiger partial charge is 0.437 e. The molecule has 0 amide bonds. The van der Waals surface area contributed by atoms with Gasteiger partial charge in [0.15, 0.2) is 0 Å². The summed E-state index contributed by atoms with van der Waals surface area (Å²) in [5, 5.41) is 11.3. The summed E-state index contributed by atoms with van der Waals surface area (Å²) in [5.74, 6) is 1.59. The van der Waals surface area contributed by atoms with Crippen molar-refractivity contribution in [2.45, 2.75) is 19.8 Å². The number of halogens is 1. The second kappa shape index (κ2) is 5.16. The molecular weight excluding hydrogens is 322 g/mol. The molecule has 20 heavy (non-hydrogen) atoms. The standard InChI is InChI=1S/C13H12BrN5O/c1-8(2)10-5-9(14)3-4-11(10)20-13-7-15-6-12-16-17-18-19(12)13/h3-8H,1-2H3. The van der Waals surface area contributed by atoms with E-state index in [4.69, 9.17) is 4.74 Å². The molecule has 0 aliphatic heterocycles. The van der Waals surface area contributed by atoms with Crippen molar-refractivity contribution in [1.82, 2.24) is 25.0 Å². The second-order valence-electron chi connectivity index (χ2n) is 4.63. The van der Waals surface area contributed by atoms with Crippen LogP contribution in [-0.2, 0) is 0 Å². The molecule has 0 aliphatic rings. The molecule has 2 heterocycles. The molecule has 0 atom stereocenters. The van der Waals surface area contributed by atoms with Crippen molar-refractivity contribution in [2.75, 3.05) is 0 Å². The Morgan fingerprint density at radius 2 is 2.10 bits per heavy atom. The SMILES string of the molecule is CC(C)c1cc(Br)ccc1Oc1cncc2nnnn12. The number of tetrazole rings is 1. The van der Waals surface area contributed by atoms with Crippen LogP contribution in [0, 0.1) is 0 Å². The fourth-order valence-corrected chi connectivity index (χ4v) is 2.28. The number of ether oxygens (including phenoxy) is 1. The molecule has 0 saturated carbocycles. The van der Waals surface area contributed by atoms with Crippen molar-refractivity contribution in [3.63, 3.8) is 0 Å². The maximum atomic E-state index is 5.93. The molecule has 0 aliphatic carbocycles. The zero-order valence-corrected chi connectivity index (χ0v) is 12.6. The maximum Gasteiger partial charge on any atom is 0.242 e. The fourth-order valence-electron chi connectivity index (χ4n) is 1.90. The van der Waals surface area contributed by atoms with Crippen LogP contribution >= 0.6 is 15.9 Å². The number of rotatable bonds is 3. The van der Waals surface area contributed by atoms with Crippen molar-refractivity contribution in [1.29, 1.82) is 0 Å². The number of benzene rings is 1. The van der Waals surface area contributed by atoms with Gasteiger partial charge in [0, 0.05) is 4.47 Å². The van der Waals surface area contributed by atoms with Crippen molar-refractivity contribution in [3.8, 4) is 11.6 Å². The zero-order valence-electron chi connectivity index (χ0n) is 11.0. The lowest BCUT2D eigenvalue weighted by Gasteiger charge is -2.14. The third kappa shape index (κ3) is 2.36. The molecule has 6 nitrogen and oxygen atoms in total. The lowest BCUT2D eigenvalue weighted by atomic mass is 10.0. The topological polar surface area (TPSA) is 65.2 Å². The van der Waals surface area contributed by atoms with Gasteiger partial charge < -0.3 is 4.74 Å². The third-order valence-corrected chi connectivity index (χ3v) is 3.38. The first-order valence-electron chi connectivity index (χ1n) is 6.14. The lowest BCUT2D eigenvalue weighted by Crippen LogP contribution is -2.00. The zero-order chi connectivity index (χ0) is 14.1. The highest BCUT2D eigenvalue weighted by Gasteiger charge is 2.12. The molecule has 1 aromatic carbocycles. The van der Waals surface area contributed by atoms with E-state index in [0.29, 0.717) is 17.4 Å². The van der Waals surface area contributed by atoms with Crippen molar-refractivity contribution >= 4 is 21.6 Å². The number of hydrogen-bond acceptors (Lipinski definition) is 5. The smallest absolute Gasteiger partial charge is 0.242 e. The Bertz CT molecular complexity index is 755. The second-order valence-corrected chi connectivity index (χ2v) is 5.55. The van der Waals surface area contributed by atoms with Crippen LogP contribution in [0.15, 0.2) is 35.1 Å². The number of hydrogen-bond donors (Lipinski definition) is 0. The van der Waals surface area contributed by atoms with Gasteiger partial charge in [0.25, 0.3) is 0 Å². The molecule has 0 bridgehead atoms. The monoisotopic (exact) mass is 333 g/mol. The van der Waals surface area contributed by atoms with Crippen LogP contribution in [0.5, 0.6) is 11.6 Å². The van der Waals surface area contributed by atoms with Gasteiger partial charge >= 0.3 is 0 Å². The molecule has 0 saturated heterocycles. The Morgan fingerprint density at radius 3 is 2.90 bits per heavy atom. The van der Waals surface area contributed by atoms with Gasteiger partial charge in [0.2, 0.25) is 11.5 Å². The van der Waals surface area contributed by atoms with E-state index >= 15 is 0 Å². The van der Waals surface area contributed by atoms with E-state index in [9.17, 15) is 0 Å². The first-order chi connectivity index (χ1) is 9.65. The summed E-state index contributed by atoms with van der Waals surface area (Å²) in [5.41, 5.74) is 1.65. The van der Waals surface area contributed by atoms with Crippen LogP contribution < -0.4 is 4.74 Å². The van der Waals surface area contributed by atoms with E-state index < -0.39 is 0 Å². The predicted molar refractivity (Wildman–Crippen MR) is 76.9 cm³/mol. The molecule has 102 valence electrons. The van der Waals surface area contributed by atoms with Crippen LogP contribution in [0.4, 0.5) is 0 Å². The van der Waals surface area contributed by atoms with E-state index in [-0.39, 0.29) is 0 Å². The number of nitrogens with zero attached hydrogens (tertiary/aromatic N) is 5. The highest BCUT2D eigenvalue weighted by atomic mass is 79.9. The van der Waals surface area contributed by atoms with E-state index in [2.05, 4.69) is 50.3 Å². The molecule has 3 rings (SSSR count). The fraction of sp³-hybridized carbons (Fsp3) is 0.231. The van der Waals surface area contributed by atoms with Gasteiger partial charge in [-0.15, -0.1) is 5.10 Å². The van der Waals surface area contributed by atoms with Crippen LogP contribution in [0.25, 0.3) is 5.65 Å². The molecule has 0 fully saturated rings. The van der Waals surface area contributed by atoms with E-state index in [1.807, 2.05) is 18.2 Å². The Kier molecular flexibility index (Phi) is 3.35. The van der Waals surface area contributed by atoms with Crippen molar-refractivity contribution < 1.29 is 4.74 Å². The van der Waals surface area contributed by atoms with Gasteiger partial charge in [0.05, 0.1) is 12.4 Å². The van der Waals surface area contributed by atoms with Crippen LogP contribution in [0.1, 0.15) is 25.3 Å². The molecule has 0 radical (unpaired) electrons. The molecule has 0 unspecified atom stereocenters. The van der Waals surface area contributed by atoms with Gasteiger partial charge in [-0.3, -0.25) is 4.98 Å². The van der Waals surface area contributed by atoms with Crippen molar-refractivity contribution in [2.24, 2.45) is 0 Å². The van der Waals surface area contributed by atoms with Gasteiger partial charge in [-0.25, -0.2) is 0 Å². The van der Waals surface area contributed by atoms with Crippen LogP contribution in [0.2, 0.25) is 0 Å². The molecule has 2 aromatic heterocycles. The highest BCUT2D eigenvalue weighted by Crippen LogP contribution is 2.32. The third-order valence-electron chi connectivity index (χ3n) is 2.89. The van der Waals surface area contributed by atoms with Gasteiger partial charge in [-0.05, 0) is 40.1 Å². The minimum atomic E-state index is 0.337. The van der Waals surface area contributed by atoms with Gasteiger partial charge in [0.1, 0.15) is 5.75 Å². The maximum absolute atomic E-state index is 5.93.